The lowest BCUT2D eigenvalue weighted by Gasteiger charge is -2.09. The minimum absolute atomic E-state index is 0.319. The molecule has 0 fully saturated rings. The summed E-state index contributed by atoms with van der Waals surface area (Å²) in [4.78, 5) is 15.5. The zero-order valence-electron chi connectivity index (χ0n) is 12.5. The van der Waals surface area contributed by atoms with E-state index in [9.17, 15) is 18.0 Å². The SMILES string of the molecule is CCc1nn(-c2ccc(OC(F)(F)F)cc2)c2nccc(C=O)c12. The quantitative estimate of drug-likeness (QED) is 0.682. The lowest BCUT2D eigenvalue weighted by molar-refractivity contribution is -0.274. The predicted octanol–water partition coefficient (Wildman–Crippen LogP) is 3.69. The van der Waals surface area contributed by atoms with Crippen LogP contribution in [0.25, 0.3) is 16.7 Å². The van der Waals surface area contributed by atoms with Crippen molar-refractivity contribution in [2.75, 3.05) is 0 Å². The summed E-state index contributed by atoms with van der Waals surface area (Å²) in [6.07, 6.45) is -1.93. The minimum atomic E-state index is -4.74. The average Bonchev–Trinajstić information content (AvgIpc) is 2.93. The van der Waals surface area contributed by atoms with E-state index in [2.05, 4.69) is 14.8 Å². The van der Waals surface area contributed by atoms with Crippen molar-refractivity contribution >= 4 is 17.3 Å². The van der Waals surface area contributed by atoms with Gasteiger partial charge in [0.15, 0.2) is 11.9 Å². The van der Waals surface area contributed by atoms with Gasteiger partial charge in [0.2, 0.25) is 0 Å². The summed E-state index contributed by atoms with van der Waals surface area (Å²) < 4.78 is 42.0. The van der Waals surface area contributed by atoms with E-state index in [-0.39, 0.29) is 5.75 Å². The van der Waals surface area contributed by atoms with Gasteiger partial charge in [-0.3, -0.25) is 4.79 Å². The van der Waals surface area contributed by atoms with Gasteiger partial charge in [-0.1, -0.05) is 6.92 Å². The molecule has 2 aromatic heterocycles. The maximum atomic E-state index is 12.2. The maximum Gasteiger partial charge on any atom is 0.573 e. The molecular weight excluding hydrogens is 323 g/mol. The number of carbonyl (C=O) groups excluding carboxylic acids is 1. The number of carbonyl (C=O) groups is 1. The van der Waals surface area contributed by atoms with Gasteiger partial charge in [-0.25, -0.2) is 9.67 Å². The van der Waals surface area contributed by atoms with Crippen molar-refractivity contribution < 1.29 is 22.7 Å². The lowest BCUT2D eigenvalue weighted by Crippen LogP contribution is -2.17. The van der Waals surface area contributed by atoms with Gasteiger partial charge < -0.3 is 4.74 Å². The summed E-state index contributed by atoms with van der Waals surface area (Å²) in [5, 5.41) is 5.07. The molecule has 0 saturated carbocycles. The highest BCUT2D eigenvalue weighted by molar-refractivity contribution is 5.97. The second-order valence-electron chi connectivity index (χ2n) is 4.97. The van der Waals surface area contributed by atoms with Crippen LogP contribution in [0.15, 0.2) is 36.5 Å². The number of hydrogen-bond donors (Lipinski definition) is 0. The second kappa shape index (κ2) is 5.95. The number of aldehydes is 1. The van der Waals surface area contributed by atoms with Gasteiger partial charge in [-0.15, -0.1) is 13.2 Å². The summed E-state index contributed by atoms with van der Waals surface area (Å²) in [5.41, 5.74) is 2.15. The highest BCUT2D eigenvalue weighted by Gasteiger charge is 2.31. The summed E-state index contributed by atoms with van der Waals surface area (Å²) in [7, 11) is 0. The minimum Gasteiger partial charge on any atom is -0.406 e. The van der Waals surface area contributed by atoms with E-state index in [1.54, 1.807) is 6.07 Å². The van der Waals surface area contributed by atoms with Crippen LogP contribution in [0.2, 0.25) is 0 Å². The van der Waals surface area contributed by atoms with E-state index in [4.69, 9.17) is 0 Å². The molecular formula is C16H12F3N3O2. The van der Waals surface area contributed by atoms with Crippen molar-refractivity contribution in [2.45, 2.75) is 19.7 Å². The number of rotatable bonds is 4. The molecule has 0 saturated heterocycles. The zero-order valence-corrected chi connectivity index (χ0v) is 12.5. The Morgan fingerprint density at radius 3 is 2.50 bits per heavy atom. The summed E-state index contributed by atoms with van der Waals surface area (Å²) in [5.74, 6) is -0.319. The van der Waals surface area contributed by atoms with Crippen LogP contribution in [0.4, 0.5) is 13.2 Å². The molecule has 0 N–H and O–H groups in total. The zero-order chi connectivity index (χ0) is 17.3. The van der Waals surface area contributed by atoms with E-state index in [1.165, 1.54) is 35.1 Å². The molecule has 2 heterocycles. The van der Waals surface area contributed by atoms with Crippen LogP contribution in [0.3, 0.4) is 0 Å². The van der Waals surface area contributed by atoms with E-state index >= 15 is 0 Å². The number of halogens is 3. The van der Waals surface area contributed by atoms with Gasteiger partial charge in [-0.2, -0.15) is 5.10 Å². The van der Waals surface area contributed by atoms with Crippen LogP contribution >= 0.6 is 0 Å². The van der Waals surface area contributed by atoms with Gasteiger partial charge in [-0.05, 0) is 36.8 Å². The summed E-state index contributed by atoms with van der Waals surface area (Å²) in [6, 6.07) is 6.89. The second-order valence-corrected chi connectivity index (χ2v) is 4.97. The molecule has 24 heavy (non-hydrogen) atoms. The number of aryl methyl sites for hydroxylation is 1. The highest BCUT2D eigenvalue weighted by Crippen LogP contribution is 2.26. The molecule has 5 nitrogen and oxygen atoms in total. The van der Waals surface area contributed by atoms with Crippen molar-refractivity contribution in [2.24, 2.45) is 0 Å². The first-order valence-electron chi connectivity index (χ1n) is 7.11. The van der Waals surface area contributed by atoms with E-state index in [0.29, 0.717) is 34.4 Å². The number of hydrogen-bond acceptors (Lipinski definition) is 4. The van der Waals surface area contributed by atoms with Gasteiger partial charge in [0.25, 0.3) is 0 Å². The Labute approximate surface area is 134 Å². The number of pyridine rings is 1. The number of ether oxygens (including phenoxy) is 1. The van der Waals surface area contributed by atoms with Gasteiger partial charge >= 0.3 is 6.36 Å². The monoisotopic (exact) mass is 335 g/mol. The first-order chi connectivity index (χ1) is 11.4. The van der Waals surface area contributed by atoms with Gasteiger partial charge in [0.1, 0.15) is 5.75 Å². The standard InChI is InChI=1S/C16H12F3N3O2/c1-2-13-14-10(9-23)7-8-20-15(14)22(21-13)11-3-5-12(6-4-11)24-16(17,18)19/h3-9H,2H2,1H3. The van der Waals surface area contributed by atoms with E-state index < -0.39 is 6.36 Å². The third-order valence-corrected chi connectivity index (χ3v) is 3.45. The summed E-state index contributed by atoms with van der Waals surface area (Å²) >= 11 is 0. The predicted molar refractivity (Wildman–Crippen MR) is 80.3 cm³/mol. The van der Waals surface area contributed by atoms with Crippen molar-refractivity contribution in [3.05, 3.63) is 47.8 Å². The third-order valence-electron chi connectivity index (χ3n) is 3.45. The average molecular weight is 335 g/mol. The van der Waals surface area contributed by atoms with E-state index in [0.717, 1.165) is 6.29 Å². The molecule has 124 valence electrons. The Morgan fingerprint density at radius 1 is 1.21 bits per heavy atom. The molecule has 0 spiro atoms. The van der Waals surface area contributed by atoms with Crippen LogP contribution in [-0.4, -0.2) is 27.4 Å². The fourth-order valence-electron chi connectivity index (χ4n) is 2.45. The molecule has 0 radical (unpaired) electrons. The third kappa shape index (κ3) is 2.94. The van der Waals surface area contributed by atoms with Crippen LogP contribution < -0.4 is 4.74 Å². The molecule has 1 aromatic carbocycles. The molecule has 0 atom stereocenters. The topological polar surface area (TPSA) is 57.0 Å². The first-order valence-corrected chi connectivity index (χ1v) is 7.11. The molecule has 8 heteroatoms. The number of benzene rings is 1. The molecule has 0 unspecified atom stereocenters. The van der Waals surface area contributed by atoms with Crippen molar-refractivity contribution in [1.82, 2.24) is 14.8 Å². The molecule has 0 aliphatic rings. The Bertz CT molecular complexity index is 886. The van der Waals surface area contributed by atoms with Crippen LogP contribution in [-0.2, 0) is 6.42 Å². The largest absolute Gasteiger partial charge is 0.573 e. The number of nitrogens with zero attached hydrogens (tertiary/aromatic N) is 3. The van der Waals surface area contributed by atoms with Crippen molar-refractivity contribution in [3.63, 3.8) is 0 Å². The van der Waals surface area contributed by atoms with Crippen LogP contribution in [0.5, 0.6) is 5.75 Å². The number of alkyl halides is 3. The number of aromatic nitrogens is 3. The Kier molecular flexibility index (Phi) is 3.96. The molecule has 0 bridgehead atoms. The molecule has 3 aromatic rings. The Hall–Kier alpha value is -2.90. The van der Waals surface area contributed by atoms with Gasteiger partial charge in [0, 0.05) is 11.8 Å². The fourth-order valence-corrected chi connectivity index (χ4v) is 2.45. The first kappa shape index (κ1) is 16.0. The normalized spacial score (nSPS) is 11.7. The van der Waals surface area contributed by atoms with Crippen LogP contribution in [0.1, 0.15) is 23.0 Å². The summed E-state index contributed by atoms with van der Waals surface area (Å²) in [6.45, 7) is 1.90. The fraction of sp³-hybridized carbons (Fsp3) is 0.188. The smallest absolute Gasteiger partial charge is 0.406 e. The van der Waals surface area contributed by atoms with Gasteiger partial charge in [0.05, 0.1) is 16.8 Å². The van der Waals surface area contributed by atoms with E-state index in [1.807, 2.05) is 6.92 Å². The molecule has 3 rings (SSSR count). The van der Waals surface area contributed by atoms with Crippen molar-refractivity contribution in [1.29, 1.82) is 0 Å². The molecule has 0 amide bonds. The lowest BCUT2D eigenvalue weighted by atomic mass is 10.1. The Balaban J connectivity index is 2.08. The highest BCUT2D eigenvalue weighted by atomic mass is 19.4. The maximum absolute atomic E-state index is 12.2. The number of fused-ring (bicyclic) bond motifs is 1. The van der Waals surface area contributed by atoms with Crippen molar-refractivity contribution in [3.8, 4) is 11.4 Å². The molecule has 0 aliphatic heterocycles. The Morgan fingerprint density at radius 2 is 1.92 bits per heavy atom. The van der Waals surface area contributed by atoms with Crippen LogP contribution in [0, 0.1) is 0 Å². The molecule has 0 aliphatic carbocycles.